The Labute approximate surface area is 99.5 Å². The topological polar surface area (TPSA) is 18.5 Å². The zero-order valence-corrected chi connectivity index (χ0v) is 9.84. The molecule has 0 atom stereocenters. The van der Waals surface area contributed by atoms with Gasteiger partial charge in [0.15, 0.2) is 11.5 Å². The van der Waals surface area contributed by atoms with Crippen molar-refractivity contribution in [2.45, 2.75) is 38.7 Å². The van der Waals surface area contributed by atoms with Crippen molar-refractivity contribution < 1.29 is 18.3 Å². The maximum Gasteiger partial charge on any atom is 0.204 e. The second-order valence-electron chi connectivity index (χ2n) is 4.21. The lowest BCUT2D eigenvalue weighted by atomic mass is 10.3. The maximum absolute atomic E-state index is 13.6. The number of hydrogen-bond acceptors (Lipinski definition) is 2. The molecule has 2 nitrogen and oxygen atoms in total. The monoisotopic (exact) mass is 242 g/mol. The van der Waals surface area contributed by atoms with E-state index in [4.69, 9.17) is 9.47 Å². The van der Waals surface area contributed by atoms with Crippen LogP contribution in [0.4, 0.5) is 8.78 Å². The van der Waals surface area contributed by atoms with Crippen LogP contribution in [0, 0.1) is 11.6 Å². The van der Waals surface area contributed by atoms with E-state index in [1.807, 2.05) is 6.92 Å². The molecule has 0 aromatic heterocycles. The Morgan fingerprint density at radius 2 is 1.82 bits per heavy atom. The van der Waals surface area contributed by atoms with Gasteiger partial charge in [-0.3, -0.25) is 0 Å². The first kappa shape index (κ1) is 12.1. The molecule has 0 aliphatic heterocycles. The van der Waals surface area contributed by atoms with E-state index in [0.717, 1.165) is 25.7 Å². The number of unbranched alkanes of at least 4 members (excludes halogenated alkanes) is 1. The molecule has 0 saturated heterocycles. The Kier molecular flexibility index (Phi) is 3.82. The SMILES string of the molecule is CCCCOc1ccc(OC2CC2)c(F)c1F. The highest BCUT2D eigenvalue weighted by atomic mass is 19.2. The molecule has 0 radical (unpaired) electrons. The molecule has 0 spiro atoms. The van der Waals surface area contributed by atoms with E-state index in [-0.39, 0.29) is 17.6 Å². The third kappa shape index (κ3) is 3.08. The van der Waals surface area contributed by atoms with E-state index in [1.54, 1.807) is 0 Å². The summed E-state index contributed by atoms with van der Waals surface area (Å²) in [6.45, 7) is 2.41. The molecule has 17 heavy (non-hydrogen) atoms. The minimum Gasteiger partial charge on any atom is -0.490 e. The molecule has 1 saturated carbocycles. The van der Waals surface area contributed by atoms with Crippen molar-refractivity contribution in [1.82, 2.24) is 0 Å². The van der Waals surface area contributed by atoms with Crippen LogP contribution in [0.15, 0.2) is 12.1 Å². The highest BCUT2D eigenvalue weighted by molar-refractivity contribution is 5.35. The van der Waals surface area contributed by atoms with E-state index in [9.17, 15) is 8.78 Å². The van der Waals surface area contributed by atoms with Crippen molar-refractivity contribution in [2.75, 3.05) is 6.61 Å². The summed E-state index contributed by atoms with van der Waals surface area (Å²) in [5.74, 6) is -1.97. The quantitative estimate of drug-likeness (QED) is 0.708. The number of hydrogen-bond donors (Lipinski definition) is 0. The molecule has 2 rings (SSSR count). The summed E-state index contributed by atoms with van der Waals surface area (Å²) < 4.78 is 37.6. The zero-order chi connectivity index (χ0) is 12.3. The van der Waals surface area contributed by atoms with Crippen LogP contribution < -0.4 is 9.47 Å². The summed E-state index contributed by atoms with van der Waals surface area (Å²) in [6, 6.07) is 2.85. The molecule has 94 valence electrons. The minimum atomic E-state index is -0.959. The Balaban J connectivity index is 2.05. The number of rotatable bonds is 6. The molecule has 0 N–H and O–H groups in total. The summed E-state index contributed by atoms with van der Waals surface area (Å²) in [4.78, 5) is 0. The van der Waals surface area contributed by atoms with Gasteiger partial charge in [-0.15, -0.1) is 0 Å². The van der Waals surface area contributed by atoms with E-state index in [1.165, 1.54) is 12.1 Å². The molecule has 0 bridgehead atoms. The van der Waals surface area contributed by atoms with Gasteiger partial charge < -0.3 is 9.47 Å². The zero-order valence-electron chi connectivity index (χ0n) is 9.84. The minimum absolute atomic E-state index is 0.0205. The fourth-order valence-corrected chi connectivity index (χ4v) is 1.41. The lowest BCUT2D eigenvalue weighted by Gasteiger charge is -2.10. The third-order valence-electron chi connectivity index (χ3n) is 2.58. The second kappa shape index (κ2) is 5.34. The molecule has 0 heterocycles. The van der Waals surface area contributed by atoms with E-state index in [2.05, 4.69) is 0 Å². The van der Waals surface area contributed by atoms with Crippen molar-refractivity contribution in [1.29, 1.82) is 0 Å². The van der Waals surface area contributed by atoms with Crippen molar-refractivity contribution in [3.05, 3.63) is 23.8 Å². The van der Waals surface area contributed by atoms with Crippen LogP contribution in [0.3, 0.4) is 0 Å². The average Bonchev–Trinajstić information content (AvgIpc) is 3.12. The van der Waals surface area contributed by atoms with Crippen LogP contribution in [-0.4, -0.2) is 12.7 Å². The lowest BCUT2D eigenvalue weighted by molar-refractivity contribution is 0.266. The summed E-state index contributed by atoms with van der Waals surface area (Å²) in [6.07, 6.45) is 3.65. The standard InChI is InChI=1S/C13H16F2O2/c1-2-3-8-16-10-6-7-11(13(15)12(10)14)17-9-4-5-9/h6-7,9H,2-5,8H2,1H3. The van der Waals surface area contributed by atoms with Gasteiger partial charge in [0.1, 0.15) is 0 Å². The first-order valence-electron chi connectivity index (χ1n) is 5.99. The van der Waals surface area contributed by atoms with Gasteiger partial charge in [0.25, 0.3) is 0 Å². The number of ether oxygens (including phenoxy) is 2. The van der Waals surface area contributed by atoms with Gasteiger partial charge in [0.2, 0.25) is 11.6 Å². The Morgan fingerprint density at radius 3 is 2.47 bits per heavy atom. The van der Waals surface area contributed by atoms with Crippen molar-refractivity contribution >= 4 is 0 Å². The van der Waals surface area contributed by atoms with Crippen LogP contribution in [0.2, 0.25) is 0 Å². The third-order valence-corrected chi connectivity index (χ3v) is 2.58. The Bertz CT molecular complexity index is 389. The molecule has 1 aliphatic carbocycles. The number of halogens is 2. The van der Waals surface area contributed by atoms with Crippen LogP contribution >= 0.6 is 0 Å². The van der Waals surface area contributed by atoms with Crippen LogP contribution in [0.25, 0.3) is 0 Å². The van der Waals surface area contributed by atoms with Crippen LogP contribution in [0.5, 0.6) is 11.5 Å². The van der Waals surface area contributed by atoms with Crippen molar-refractivity contribution in [3.8, 4) is 11.5 Å². The van der Waals surface area contributed by atoms with Gasteiger partial charge in [-0.2, -0.15) is 8.78 Å². The van der Waals surface area contributed by atoms with Gasteiger partial charge in [0.05, 0.1) is 12.7 Å². The van der Waals surface area contributed by atoms with Gasteiger partial charge in [-0.05, 0) is 31.4 Å². The molecule has 0 amide bonds. The molecule has 4 heteroatoms. The van der Waals surface area contributed by atoms with Gasteiger partial charge in [-0.1, -0.05) is 13.3 Å². The molecule has 0 unspecified atom stereocenters. The Morgan fingerprint density at radius 1 is 1.18 bits per heavy atom. The average molecular weight is 242 g/mol. The lowest BCUT2D eigenvalue weighted by Crippen LogP contribution is -2.03. The normalized spacial score (nSPS) is 14.8. The number of benzene rings is 1. The summed E-state index contributed by atoms with van der Waals surface area (Å²) in [5.41, 5.74) is 0. The predicted molar refractivity (Wildman–Crippen MR) is 60.4 cm³/mol. The van der Waals surface area contributed by atoms with Crippen LogP contribution in [-0.2, 0) is 0 Å². The fraction of sp³-hybridized carbons (Fsp3) is 0.538. The first-order chi connectivity index (χ1) is 8.22. The molecule has 1 aromatic carbocycles. The predicted octanol–water partition coefficient (Wildman–Crippen LogP) is 3.68. The highest BCUT2D eigenvalue weighted by Gasteiger charge is 2.26. The first-order valence-corrected chi connectivity index (χ1v) is 5.99. The smallest absolute Gasteiger partial charge is 0.204 e. The van der Waals surface area contributed by atoms with Crippen molar-refractivity contribution in [3.63, 3.8) is 0 Å². The molecular weight excluding hydrogens is 226 g/mol. The molecule has 1 aromatic rings. The van der Waals surface area contributed by atoms with E-state index in [0.29, 0.717) is 6.61 Å². The van der Waals surface area contributed by atoms with Gasteiger partial charge in [0, 0.05) is 0 Å². The van der Waals surface area contributed by atoms with E-state index < -0.39 is 11.6 Å². The summed E-state index contributed by atoms with van der Waals surface area (Å²) >= 11 is 0. The van der Waals surface area contributed by atoms with Crippen LogP contribution in [0.1, 0.15) is 32.6 Å². The molecule has 1 fully saturated rings. The second-order valence-corrected chi connectivity index (χ2v) is 4.21. The summed E-state index contributed by atoms with van der Waals surface area (Å²) in [7, 11) is 0. The van der Waals surface area contributed by atoms with E-state index >= 15 is 0 Å². The summed E-state index contributed by atoms with van der Waals surface area (Å²) in [5, 5.41) is 0. The molecular formula is C13H16F2O2. The van der Waals surface area contributed by atoms with Crippen molar-refractivity contribution in [2.24, 2.45) is 0 Å². The highest BCUT2D eigenvalue weighted by Crippen LogP contribution is 2.32. The largest absolute Gasteiger partial charge is 0.490 e. The van der Waals surface area contributed by atoms with Gasteiger partial charge >= 0.3 is 0 Å². The van der Waals surface area contributed by atoms with Gasteiger partial charge in [-0.25, -0.2) is 0 Å². The molecule has 1 aliphatic rings. The Hall–Kier alpha value is -1.32. The fourth-order valence-electron chi connectivity index (χ4n) is 1.41. The maximum atomic E-state index is 13.6.